The van der Waals surface area contributed by atoms with Gasteiger partial charge in [-0.1, -0.05) is 54.6 Å². The van der Waals surface area contributed by atoms with Crippen molar-refractivity contribution >= 4 is 40.3 Å². The molecule has 0 atom stereocenters. The maximum Gasteiger partial charge on any atom is 0.0642 e. The Morgan fingerprint density at radius 1 is 0.784 bits per heavy atom. The van der Waals surface area contributed by atoms with Crippen LogP contribution in [0.1, 0.15) is 30.9 Å². The van der Waals surface area contributed by atoms with Gasteiger partial charge in [-0.05, 0) is 66.3 Å². The number of aromatic nitrogens is 1. The van der Waals surface area contributed by atoms with Crippen molar-refractivity contribution in [2.45, 2.75) is 26.3 Å². The summed E-state index contributed by atoms with van der Waals surface area (Å²) in [5.41, 5.74) is 8.75. The number of aryl methyl sites for hydroxylation is 1. The van der Waals surface area contributed by atoms with Gasteiger partial charge < -0.3 is 14.2 Å². The summed E-state index contributed by atoms with van der Waals surface area (Å²) in [6.07, 6.45) is 8.13. The molecule has 5 heteroatoms. The number of morpholine rings is 1. The standard InChI is InChI=1S/C32H32N4O/c1-2-36-30-11-7-6-10-28(30)29-21-25(12-15-31(29)36)22-33-34-23-27-14-13-26(20-24-8-4-3-5-9-24)32(27)35-16-18-37-19-17-35/h3-12,15,20-23H,2,13-14,16-19H2,1H3/b26-20-,33-22?,34-23?. The molecule has 37 heavy (non-hydrogen) atoms. The second-order valence-electron chi connectivity index (χ2n) is 9.58. The van der Waals surface area contributed by atoms with Gasteiger partial charge in [0, 0.05) is 47.1 Å². The molecule has 0 N–H and O–H groups in total. The maximum atomic E-state index is 5.62. The Balaban J connectivity index is 1.28. The highest BCUT2D eigenvalue weighted by molar-refractivity contribution is 6.09. The van der Waals surface area contributed by atoms with Gasteiger partial charge in [0.1, 0.15) is 0 Å². The molecule has 0 amide bonds. The van der Waals surface area contributed by atoms with Gasteiger partial charge in [0.25, 0.3) is 0 Å². The third kappa shape index (κ3) is 4.75. The van der Waals surface area contributed by atoms with Crippen molar-refractivity contribution < 1.29 is 4.74 Å². The maximum absolute atomic E-state index is 5.62. The quantitative estimate of drug-likeness (QED) is 0.224. The van der Waals surface area contributed by atoms with Crippen LogP contribution in [0.25, 0.3) is 27.9 Å². The van der Waals surface area contributed by atoms with Crippen LogP contribution < -0.4 is 0 Å². The highest BCUT2D eigenvalue weighted by Crippen LogP contribution is 2.35. The zero-order chi connectivity index (χ0) is 25.0. The van der Waals surface area contributed by atoms with E-state index in [1.807, 2.05) is 12.4 Å². The molecule has 2 heterocycles. The van der Waals surface area contributed by atoms with E-state index in [9.17, 15) is 0 Å². The summed E-state index contributed by atoms with van der Waals surface area (Å²) in [5.74, 6) is 0. The summed E-state index contributed by atoms with van der Waals surface area (Å²) >= 11 is 0. The van der Waals surface area contributed by atoms with Crippen LogP contribution in [0.5, 0.6) is 0 Å². The normalized spacial score (nSPS) is 18.0. The van der Waals surface area contributed by atoms with Crippen LogP contribution in [-0.4, -0.2) is 48.2 Å². The Hall–Kier alpha value is -3.96. The summed E-state index contributed by atoms with van der Waals surface area (Å²) < 4.78 is 7.98. The molecule has 0 spiro atoms. The molecule has 0 bridgehead atoms. The Labute approximate surface area is 218 Å². The molecule has 4 aromatic rings. The van der Waals surface area contributed by atoms with E-state index in [1.54, 1.807) is 0 Å². The molecule has 1 saturated heterocycles. The molecule has 5 nitrogen and oxygen atoms in total. The predicted octanol–water partition coefficient (Wildman–Crippen LogP) is 6.68. The van der Waals surface area contributed by atoms with Crippen LogP contribution in [0.4, 0.5) is 0 Å². The van der Waals surface area contributed by atoms with E-state index < -0.39 is 0 Å². The molecule has 3 aromatic carbocycles. The topological polar surface area (TPSA) is 42.1 Å². The van der Waals surface area contributed by atoms with Crippen molar-refractivity contribution in [2.24, 2.45) is 10.2 Å². The number of ether oxygens (including phenoxy) is 1. The first-order chi connectivity index (χ1) is 18.3. The fraction of sp³-hybridized carbons (Fsp3) is 0.250. The Bertz CT molecular complexity index is 1540. The number of allylic oxidation sites excluding steroid dienone is 2. The number of fused-ring (bicyclic) bond motifs is 3. The summed E-state index contributed by atoms with van der Waals surface area (Å²) in [6.45, 7) is 6.49. The Morgan fingerprint density at radius 3 is 2.38 bits per heavy atom. The molecule has 186 valence electrons. The number of hydrogen-bond acceptors (Lipinski definition) is 4. The highest BCUT2D eigenvalue weighted by Gasteiger charge is 2.25. The minimum atomic E-state index is 0.765. The number of hydrogen-bond donors (Lipinski definition) is 0. The number of rotatable bonds is 6. The van der Waals surface area contributed by atoms with E-state index in [0.29, 0.717) is 0 Å². The minimum absolute atomic E-state index is 0.765. The van der Waals surface area contributed by atoms with Crippen LogP contribution in [0.15, 0.2) is 99.8 Å². The molecule has 1 aliphatic heterocycles. The summed E-state index contributed by atoms with van der Waals surface area (Å²) in [4.78, 5) is 2.45. The van der Waals surface area contributed by atoms with E-state index in [4.69, 9.17) is 4.74 Å². The molecule has 0 radical (unpaired) electrons. The summed E-state index contributed by atoms with van der Waals surface area (Å²) in [5, 5.41) is 11.5. The molecule has 0 unspecified atom stereocenters. The fourth-order valence-electron chi connectivity index (χ4n) is 5.62. The molecular weight excluding hydrogens is 456 g/mol. The van der Waals surface area contributed by atoms with Gasteiger partial charge >= 0.3 is 0 Å². The van der Waals surface area contributed by atoms with Crippen molar-refractivity contribution in [2.75, 3.05) is 26.3 Å². The van der Waals surface area contributed by atoms with Crippen LogP contribution in [0.3, 0.4) is 0 Å². The second-order valence-corrected chi connectivity index (χ2v) is 9.58. The first-order valence-electron chi connectivity index (χ1n) is 13.2. The van der Waals surface area contributed by atoms with Gasteiger partial charge in [0.15, 0.2) is 0 Å². The number of benzene rings is 3. The van der Waals surface area contributed by atoms with Crippen LogP contribution in [-0.2, 0) is 11.3 Å². The van der Waals surface area contributed by atoms with Gasteiger partial charge in [-0.25, -0.2) is 0 Å². The van der Waals surface area contributed by atoms with Crippen molar-refractivity contribution in [3.63, 3.8) is 0 Å². The summed E-state index contributed by atoms with van der Waals surface area (Å²) in [6, 6.07) is 25.7. The van der Waals surface area contributed by atoms with Crippen LogP contribution >= 0.6 is 0 Å². The van der Waals surface area contributed by atoms with E-state index >= 15 is 0 Å². The molecular formula is C32H32N4O. The third-order valence-corrected chi connectivity index (χ3v) is 7.34. The van der Waals surface area contributed by atoms with Crippen LogP contribution in [0.2, 0.25) is 0 Å². The van der Waals surface area contributed by atoms with E-state index in [0.717, 1.165) is 51.3 Å². The minimum Gasteiger partial charge on any atom is -0.378 e. The number of para-hydroxylation sites is 1. The van der Waals surface area contributed by atoms with Crippen molar-refractivity contribution in [3.05, 3.63) is 101 Å². The molecule has 0 saturated carbocycles. The van der Waals surface area contributed by atoms with Gasteiger partial charge in [-0.2, -0.15) is 10.2 Å². The molecule has 2 aliphatic rings. The SMILES string of the molecule is CCn1c2ccccc2c2cc(C=NN=CC3=C(N4CCOCC4)/C(=C\c4ccccc4)CC3)ccc21. The van der Waals surface area contributed by atoms with E-state index in [1.165, 1.54) is 44.2 Å². The number of nitrogens with zero attached hydrogens (tertiary/aromatic N) is 4. The lowest BCUT2D eigenvalue weighted by Gasteiger charge is -2.31. The van der Waals surface area contributed by atoms with Gasteiger partial charge in [0.2, 0.25) is 0 Å². The van der Waals surface area contributed by atoms with Crippen molar-refractivity contribution in [1.82, 2.24) is 9.47 Å². The molecule has 6 rings (SSSR count). The fourth-order valence-corrected chi connectivity index (χ4v) is 5.62. The Kier molecular flexibility index (Phi) is 6.70. The Morgan fingerprint density at radius 2 is 1.54 bits per heavy atom. The van der Waals surface area contributed by atoms with E-state index in [-0.39, 0.29) is 0 Å². The second kappa shape index (κ2) is 10.6. The molecule has 1 aliphatic carbocycles. The predicted molar refractivity (Wildman–Crippen MR) is 154 cm³/mol. The first-order valence-corrected chi connectivity index (χ1v) is 13.2. The van der Waals surface area contributed by atoms with Gasteiger partial charge in [-0.15, -0.1) is 0 Å². The zero-order valence-electron chi connectivity index (χ0n) is 21.3. The lowest BCUT2D eigenvalue weighted by molar-refractivity contribution is 0.0548. The lowest BCUT2D eigenvalue weighted by Crippen LogP contribution is -2.36. The van der Waals surface area contributed by atoms with Gasteiger partial charge in [0.05, 0.1) is 25.6 Å². The third-order valence-electron chi connectivity index (χ3n) is 7.34. The molecule has 1 aromatic heterocycles. The average molecular weight is 489 g/mol. The van der Waals surface area contributed by atoms with E-state index in [2.05, 4.69) is 105 Å². The average Bonchev–Trinajstić information content (AvgIpc) is 3.50. The monoisotopic (exact) mass is 488 g/mol. The molecule has 1 fully saturated rings. The van der Waals surface area contributed by atoms with Gasteiger partial charge in [-0.3, -0.25) is 0 Å². The van der Waals surface area contributed by atoms with Crippen molar-refractivity contribution in [1.29, 1.82) is 0 Å². The van der Waals surface area contributed by atoms with Crippen LogP contribution in [0, 0.1) is 0 Å². The first kappa shape index (κ1) is 23.4. The highest BCUT2D eigenvalue weighted by atomic mass is 16.5. The largest absolute Gasteiger partial charge is 0.378 e. The zero-order valence-corrected chi connectivity index (χ0v) is 21.3. The van der Waals surface area contributed by atoms with Crippen molar-refractivity contribution in [3.8, 4) is 0 Å². The smallest absolute Gasteiger partial charge is 0.0642 e. The lowest BCUT2D eigenvalue weighted by atomic mass is 10.1. The summed E-state index contributed by atoms with van der Waals surface area (Å²) in [7, 11) is 0.